The van der Waals surface area contributed by atoms with Crippen LogP contribution in [0.2, 0.25) is 0 Å². The fourth-order valence-electron chi connectivity index (χ4n) is 3.03. The van der Waals surface area contributed by atoms with Crippen LogP contribution in [0.15, 0.2) is 12.1 Å². The molecule has 4 heteroatoms. The van der Waals surface area contributed by atoms with E-state index < -0.39 is 0 Å². The summed E-state index contributed by atoms with van der Waals surface area (Å²) in [5.74, 6) is 1.05. The third-order valence-corrected chi connectivity index (χ3v) is 3.93. The predicted octanol–water partition coefficient (Wildman–Crippen LogP) is 1.07. The lowest BCUT2D eigenvalue weighted by Gasteiger charge is -2.24. The summed E-state index contributed by atoms with van der Waals surface area (Å²) < 4.78 is 0. The minimum atomic E-state index is 0.655. The maximum atomic E-state index is 4.30. The van der Waals surface area contributed by atoms with Gasteiger partial charge in [-0.1, -0.05) is 0 Å². The Bertz CT molecular complexity index is 375. The van der Waals surface area contributed by atoms with Crippen LogP contribution >= 0.6 is 0 Å². The molecule has 0 aliphatic carbocycles. The molecular formula is C12H18N4. The molecule has 2 atom stereocenters. The second-order valence-corrected chi connectivity index (χ2v) is 4.92. The second-order valence-electron chi connectivity index (χ2n) is 4.92. The van der Waals surface area contributed by atoms with E-state index in [1.165, 1.54) is 19.4 Å². The van der Waals surface area contributed by atoms with Gasteiger partial charge in [-0.05, 0) is 38.9 Å². The molecule has 0 saturated carbocycles. The summed E-state index contributed by atoms with van der Waals surface area (Å²) in [6.45, 7) is 4.31. The largest absolute Gasteiger partial charge is 0.350 e. The van der Waals surface area contributed by atoms with Crippen molar-refractivity contribution in [2.75, 3.05) is 25.0 Å². The number of fused-ring (bicyclic) bond motifs is 1. The molecule has 0 aromatic carbocycles. The summed E-state index contributed by atoms with van der Waals surface area (Å²) in [5, 5.41) is 8.45. The van der Waals surface area contributed by atoms with Gasteiger partial charge < -0.3 is 9.80 Å². The van der Waals surface area contributed by atoms with Gasteiger partial charge in [-0.15, -0.1) is 5.10 Å². The van der Waals surface area contributed by atoms with Crippen LogP contribution in [0.1, 0.15) is 18.5 Å². The van der Waals surface area contributed by atoms with Crippen molar-refractivity contribution in [1.29, 1.82) is 0 Å². The third-order valence-electron chi connectivity index (χ3n) is 3.93. The molecule has 0 spiro atoms. The van der Waals surface area contributed by atoms with Crippen molar-refractivity contribution in [3.8, 4) is 0 Å². The van der Waals surface area contributed by atoms with Gasteiger partial charge in [0.1, 0.15) is 0 Å². The first-order valence-corrected chi connectivity index (χ1v) is 6.03. The number of aromatic nitrogens is 2. The van der Waals surface area contributed by atoms with E-state index >= 15 is 0 Å². The van der Waals surface area contributed by atoms with Crippen LogP contribution in [0.4, 0.5) is 5.82 Å². The molecule has 1 aromatic rings. The van der Waals surface area contributed by atoms with Crippen LogP contribution < -0.4 is 4.90 Å². The molecule has 1 aromatic heterocycles. The van der Waals surface area contributed by atoms with Gasteiger partial charge in [-0.2, -0.15) is 5.10 Å². The lowest BCUT2D eigenvalue weighted by Crippen LogP contribution is -2.35. The molecule has 3 heterocycles. The first kappa shape index (κ1) is 10.0. The molecular weight excluding hydrogens is 200 g/mol. The van der Waals surface area contributed by atoms with Crippen LogP contribution in [-0.2, 0) is 0 Å². The summed E-state index contributed by atoms with van der Waals surface area (Å²) >= 11 is 0. The maximum Gasteiger partial charge on any atom is 0.151 e. The molecule has 16 heavy (non-hydrogen) atoms. The highest BCUT2D eigenvalue weighted by atomic mass is 15.3. The predicted molar refractivity (Wildman–Crippen MR) is 63.6 cm³/mol. The average molecular weight is 218 g/mol. The van der Waals surface area contributed by atoms with Gasteiger partial charge in [-0.3, -0.25) is 0 Å². The SMILES string of the molecule is Cc1ccc(N2CCC3[C@H]2CCN3C)nn1. The van der Waals surface area contributed by atoms with Crippen LogP contribution in [-0.4, -0.2) is 47.3 Å². The van der Waals surface area contributed by atoms with E-state index in [-0.39, 0.29) is 0 Å². The zero-order valence-corrected chi connectivity index (χ0v) is 9.93. The molecule has 4 nitrogen and oxygen atoms in total. The number of likely N-dealkylation sites (tertiary alicyclic amines) is 1. The lowest BCUT2D eigenvalue weighted by atomic mass is 10.1. The molecule has 86 valence electrons. The summed E-state index contributed by atoms with van der Waals surface area (Å²) in [4.78, 5) is 4.91. The third kappa shape index (κ3) is 1.48. The topological polar surface area (TPSA) is 32.3 Å². The summed E-state index contributed by atoms with van der Waals surface area (Å²) in [6, 6.07) is 5.53. The molecule has 0 bridgehead atoms. The highest BCUT2D eigenvalue weighted by Crippen LogP contribution is 2.32. The van der Waals surface area contributed by atoms with Gasteiger partial charge in [-0.25, -0.2) is 0 Å². The number of rotatable bonds is 1. The minimum absolute atomic E-state index is 0.655. The Labute approximate surface area is 96.3 Å². The number of anilines is 1. The summed E-state index contributed by atoms with van der Waals surface area (Å²) in [5.41, 5.74) is 0.989. The van der Waals surface area contributed by atoms with E-state index in [1.807, 2.05) is 13.0 Å². The molecule has 0 radical (unpaired) electrons. The van der Waals surface area contributed by atoms with Crippen molar-refractivity contribution in [3.05, 3.63) is 17.8 Å². The van der Waals surface area contributed by atoms with Crippen molar-refractivity contribution < 1.29 is 0 Å². The monoisotopic (exact) mass is 218 g/mol. The number of aryl methyl sites for hydroxylation is 1. The van der Waals surface area contributed by atoms with Crippen molar-refractivity contribution in [1.82, 2.24) is 15.1 Å². The molecule has 2 saturated heterocycles. The van der Waals surface area contributed by atoms with Crippen molar-refractivity contribution in [2.45, 2.75) is 31.8 Å². The van der Waals surface area contributed by atoms with Crippen LogP contribution in [0.25, 0.3) is 0 Å². The molecule has 1 unspecified atom stereocenters. The number of likely N-dealkylation sites (N-methyl/N-ethyl adjacent to an activating group) is 1. The number of hydrogen-bond acceptors (Lipinski definition) is 4. The second kappa shape index (κ2) is 3.70. The van der Waals surface area contributed by atoms with Crippen molar-refractivity contribution in [3.63, 3.8) is 0 Å². The quantitative estimate of drug-likeness (QED) is 0.706. The van der Waals surface area contributed by atoms with Crippen molar-refractivity contribution >= 4 is 5.82 Å². The first-order valence-electron chi connectivity index (χ1n) is 6.03. The van der Waals surface area contributed by atoms with E-state index in [1.54, 1.807) is 0 Å². The Morgan fingerprint density at radius 1 is 1.12 bits per heavy atom. The maximum absolute atomic E-state index is 4.30. The van der Waals surface area contributed by atoms with Gasteiger partial charge in [0.2, 0.25) is 0 Å². The Morgan fingerprint density at radius 2 is 1.94 bits per heavy atom. The van der Waals surface area contributed by atoms with Crippen LogP contribution in [0.5, 0.6) is 0 Å². The van der Waals surface area contributed by atoms with Crippen LogP contribution in [0.3, 0.4) is 0 Å². The van der Waals surface area contributed by atoms with E-state index in [2.05, 4.69) is 33.1 Å². The fourth-order valence-corrected chi connectivity index (χ4v) is 3.03. The van der Waals surface area contributed by atoms with E-state index in [4.69, 9.17) is 0 Å². The summed E-state index contributed by atoms with van der Waals surface area (Å²) in [6.07, 6.45) is 2.52. The smallest absolute Gasteiger partial charge is 0.151 e. The van der Waals surface area contributed by atoms with Crippen molar-refractivity contribution in [2.24, 2.45) is 0 Å². The number of hydrogen-bond donors (Lipinski definition) is 0. The minimum Gasteiger partial charge on any atom is -0.350 e. The first-order chi connectivity index (χ1) is 7.75. The van der Waals surface area contributed by atoms with E-state index in [0.29, 0.717) is 6.04 Å². The van der Waals surface area contributed by atoms with Gasteiger partial charge in [0.25, 0.3) is 0 Å². The van der Waals surface area contributed by atoms with Gasteiger partial charge in [0, 0.05) is 25.2 Å². The zero-order valence-electron chi connectivity index (χ0n) is 9.93. The Balaban J connectivity index is 1.84. The molecule has 0 N–H and O–H groups in total. The molecule has 2 aliphatic rings. The normalized spacial score (nSPS) is 29.8. The standard InChI is InChI=1S/C12H18N4/c1-9-3-4-12(14-13-9)16-8-6-10-11(16)5-7-15(10)2/h3-4,10-11H,5-8H2,1-2H3/t10?,11-/m1/s1. The molecule has 2 fully saturated rings. The Hall–Kier alpha value is -1.16. The van der Waals surface area contributed by atoms with Crippen LogP contribution in [0, 0.1) is 6.92 Å². The van der Waals surface area contributed by atoms with E-state index in [0.717, 1.165) is 24.1 Å². The zero-order chi connectivity index (χ0) is 11.1. The van der Waals surface area contributed by atoms with Gasteiger partial charge >= 0.3 is 0 Å². The highest BCUT2D eigenvalue weighted by Gasteiger charge is 2.41. The highest BCUT2D eigenvalue weighted by molar-refractivity contribution is 5.41. The van der Waals surface area contributed by atoms with Gasteiger partial charge in [0.05, 0.1) is 5.69 Å². The Morgan fingerprint density at radius 3 is 2.69 bits per heavy atom. The molecule has 3 rings (SSSR count). The number of nitrogens with zero attached hydrogens (tertiary/aromatic N) is 4. The fraction of sp³-hybridized carbons (Fsp3) is 0.667. The Kier molecular flexibility index (Phi) is 2.32. The summed E-state index contributed by atoms with van der Waals surface area (Å²) in [7, 11) is 2.23. The lowest BCUT2D eigenvalue weighted by molar-refractivity contribution is 0.311. The van der Waals surface area contributed by atoms with E-state index in [9.17, 15) is 0 Å². The molecule has 0 amide bonds. The average Bonchev–Trinajstić information content (AvgIpc) is 2.84. The molecule has 2 aliphatic heterocycles. The van der Waals surface area contributed by atoms with Gasteiger partial charge in [0.15, 0.2) is 5.82 Å².